The topological polar surface area (TPSA) is 85.5 Å². The van der Waals surface area contributed by atoms with Crippen LogP contribution in [0, 0.1) is 0 Å². The Morgan fingerprint density at radius 1 is 0.571 bits per heavy atom. The van der Waals surface area contributed by atoms with Crippen molar-refractivity contribution in [1.29, 1.82) is 0 Å². The van der Waals surface area contributed by atoms with Crippen LogP contribution < -0.4 is 37.7 Å². The van der Waals surface area contributed by atoms with E-state index < -0.39 is 0 Å². The number of hydrogen-bond acceptors (Lipinski definition) is 0. The first-order valence-corrected chi connectivity index (χ1v) is 0. The fourth-order valence-electron chi connectivity index (χ4n) is 0. The number of hydrogen-bond donors (Lipinski definition) is 0. The van der Waals surface area contributed by atoms with Crippen LogP contribution in [-0.4, -0.2) is 0 Å². The van der Waals surface area contributed by atoms with E-state index in [0.717, 1.165) is 0 Å². The first kappa shape index (κ1) is 136. The van der Waals surface area contributed by atoms with Crippen LogP contribution in [0.5, 0.6) is 0 Å². The van der Waals surface area contributed by atoms with Crippen molar-refractivity contribution in [1.82, 2.24) is 0 Å². The Kier molecular flexibility index (Phi) is 1820. The minimum absolute atomic E-state index is 0. The largest absolute Gasteiger partial charge is 2.00 e. The zero-order valence-corrected chi connectivity index (χ0v) is 6.09. The van der Waals surface area contributed by atoms with E-state index in [-0.39, 0.29) is 87.7 Å². The van der Waals surface area contributed by atoms with Crippen molar-refractivity contribution in [3.63, 3.8) is 0 Å². The summed E-state index contributed by atoms with van der Waals surface area (Å²) in [6.45, 7) is 0. The summed E-state index contributed by atoms with van der Waals surface area (Å²) in [5.74, 6) is 0. The SMILES string of the molecule is [Li+].[Li+].[Mn+2].[Ni+2].[O-2].[O-2].[O-2]. The molecule has 7 heavy (non-hydrogen) atoms. The summed E-state index contributed by atoms with van der Waals surface area (Å²) >= 11 is 0. The Hall–Kier alpha value is 2.09. The molecular formula is Li2MnNiO3. The molecule has 0 bridgehead atoms. The van der Waals surface area contributed by atoms with Gasteiger partial charge in [-0.3, -0.25) is 0 Å². The maximum atomic E-state index is 0. The molecule has 0 aliphatic rings. The summed E-state index contributed by atoms with van der Waals surface area (Å²) in [6, 6.07) is 0. The molecule has 0 aliphatic heterocycles. The minimum atomic E-state index is 0. The minimum Gasteiger partial charge on any atom is -2.00 e. The Morgan fingerprint density at radius 3 is 0.571 bits per heavy atom. The molecule has 0 amide bonds. The summed E-state index contributed by atoms with van der Waals surface area (Å²) in [6.07, 6.45) is 0. The van der Waals surface area contributed by atoms with Gasteiger partial charge in [0.05, 0.1) is 0 Å². The van der Waals surface area contributed by atoms with Crippen molar-refractivity contribution in [2.24, 2.45) is 0 Å². The zero-order chi connectivity index (χ0) is 0. The standard InChI is InChI=1S/2Li.Mn.Ni.3O/q2*+1;2*+2;3*-2. The van der Waals surface area contributed by atoms with Crippen LogP contribution in [0.15, 0.2) is 0 Å². The van der Waals surface area contributed by atoms with Gasteiger partial charge in [0.15, 0.2) is 0 Å². The molecule has 0 N–H and O–H groups in total. The van der Waals surface area contributed by atoms with Crippen molar-refractivity contribution in [2.75, 3.05) is 0 Å². The summed E-state index contributed by atoms with van der Waals surface area (Å²) in [7, 11) is 0. The van der Waals surface area contributed by atoms with Crippen LogP contribution in [0.1, 0.15) is 0 Å². The van der Waals surface area contributed by atoms with Crippen LogP contribution >= 0.6 is 0 Å². The third-order valence-electron chi connectivity index (χ3n) is 0. The predicted octanol–water partition coefficient (Wildman–Crippen LogP) is -6.35. The van der Waals surface area contributed by atoms with Crippen LogP contribution in [-0.2, 0) is 50.0 Å². The third kappa shape index (κ3) is 68.8. The molecule has 0 spiro atoms. The van der Waals surface area contributed by atoms with E-state index in [9.17, 15) is 0 Å². The van der Waals surface area contributed by atoms with Crippen LogP contribution in [0.3, 0.4) is 0 Å². The van der Waals surface area contributed by atoms with Crippen LogP contribution in [0.25, 0.3) is 0 Å². The molecule has 0 atom stereocenters. The summed E-state index contributed by atoms with van der Waals surface area (Å²) < 4.78 is 0. The van der Waals surface area contributed by atoms with Crippen molar-refractivity contribution < 1.29 is 87.7 Å². The Balaban J connectivity index is 0. The van der Waals surface area contributed by atoms with Gasteiger partial charge in [-0.05, 0) is 0 Å². The predicted molar refractivity (Wildman–Crippen MR) is 2.06 cm³/mol. The Labute approximate surface area is 87.0 Å². The Bertz CT molecular complexity index is 12.9. The second-order valence-electron chi connectivity index (χ2n) is 0. The molecule has 0 aliphatic carbocycles. The average Bonchev–Trinajstić information content (AvgIpc) is 0. The van der Waals surface area contributed by atoms with Gasteiger partial charge in [-0.1, -0.05) is 0 Å². The molecule has 0 aromatic rings. The van der Waals surface area contributed by atoms with Gasteiger partial charge in [-0.15, -0.1) is 0 Å². The molecule has 7 heteroatoms. The third-order valence-corrected chi connectivity index (χ3v) is 0. The van der Waals surface area contributed by atoms with E-state index in [1.807, 2.05) is 0 Å². The van der Waals surface area contributed by atoms with E-state index >= 15 is 0 Å². The van der Waals surface area contributed by atoms with E-state index in [1.165, 1.54) is 0 Å². The second-order valence-corrected chi connectivity index (χ2v) is 0. The second kappa shape index (κ2) is 93.2. The first-order chi connectivity index (χ1) is 0. The van der Waals surface area contributed by atoms with Gasteiger partial charge in [-0.2, -0.15) is 0 Å². The van der Waals surface area contributed by atoms with E-state index in [1.54, 1.807) is 0 Å². The molecule has 0 rings (SSSR count). The van der Waals surface area contributed by atoms with Crippen LogP contribution in [0.2, 0.25) is 0 Å². The van der Waals surface area contributed by atoms with Gasteiger partial charge < -0.3 is 16.4 Å². The first-order valence-electron chi connectivity index (χ1n) is 0. The van der Waals surface area contributed by atoms with Gasteiger partial charge in [-0.25, -0.2) is 0 Å². The molecule has 0 unspecified atom stereocenters. The molecular weight excluding hydrogens is 176 g/mol. The van der Waals surface area contributed by atoms with Gasteiger partial charge in [0.2, 0.25) is 0 Å². The molecule has 0 saturated carbocycles. The van der Waals surface area contributed by atoms with E-state index in [4.69, 9.17) is 0 Å². The summed E-state index contributed by atoms with van der Waals surface area (Å²) in [5, 5.41) is 0. The Morgan fingerprint density at radius 2 is 0.571 bits per heavy atom. The van der Waals surface area contributed by atoms with E-state index in [2.05, 4.69) is 0 Å². The molecule has 0 saturated heterocycles. The van der Waals surface area contributed by atoms with Crippen molar-refractivity contribution in [3.05, 3.63) is 0 Å². The van der Waals surface area contributed by atoms with Crippen molar-refractivity contribution in [3.8, 4) is 0 Å². The molecule has 0 heterocycles. The van der Waals surface area contributed by atoms with Crippen LogP contribution in [0.4, 0.5) is 0 Å². The van der Waals surface area contributed by atoms with Gasteiger partial charge in [0.25, 0.3) is 0 Å². The van der Waals surface area contributed by atoms with Crippen molar-refractivity contribution in [2.45, 2.75) is 0 Å². The maximum Gasteiger partial charge on any atom is 2.00 e. The zero-order valence-electron chi connectivity index (χ0n) is 3.92. The average molecular weight is 176 g/mol. The summed E-state index contributed by atoms with van der Waals surface area (Å²) in [4.78, 5) is 0. The van der Waals surface area contributed by atoms with Crippen molar-refractivity contribution >= 4 is 0 Å². The maximum absolute atomic E-state index is 0. The quantitative estimate of drug-likeness (QED) is 0.328. The molecule has 0 aromatic carbocycles. The molecule has 0 fully saturated rings. The molecule has 3 nitrogen and oxygen atoms in total. The van der Waals surface area contributed by atoms with Gasteiger partial charge >= 0.3 is 71.3 Å². The monoisotopic (exact) mass is 175 g/mol. The fraction of sp³-hybridized carbons (Fsp3) is 0. The number of rotatable bonds is 0. The summed E-state index contributed by atoms with van der Waals surface area (Å²) in [5.41, 5.74) is 0. The van der Waals surface area contributed by atoms with E-state index in [0.29, 0.717) is 0 Å². The fourth-order valence-corrected chi connectivity index (χ4v) is 0. The van der Waals surface area contributed by atoms with Gasteiger partial charge in [0.1, 0.15) is 0 Å². The molecule has 37 valence electrons. The molecule has 1 radical (unpaired) electrons. The van der Waals surface area contributed by atoms with Gasteiger partial charge in [0, 0.05) is 0 Å². The molecule has 0 aromatic heterocycles. The smallest absolute Gasteiger partial charge is 2.00 e. The normalized spacial score (nSPS) is 0.